The Labute approximate surface area is 209 Å². The Morgan fingerprint density at radius 3 is 2.43 bits per heavy atom. The number of methoxy groups -OCH3 is 1. The van der Waals surface area contributed by atoms with E-state index >= 15 is 0 Å². The molecule has 5 rings (SSSR count). The molecule has 7 heteroatoms. The number of para-hydroxylation sites is 1. The zero-order valence-corrected chi connectivity index (χ0v) is 20.9. The first-order chi connectivity index (χ1) is 16.9. The van der Waals surface area contributed by atoms with Crippen LogP contribution >= 0.6 is 11.8 Å². The molecule has 0 bridgehead atoms. The van der Waals surface area contributed by atoms with E-state index in [2.05, 4.69) is 17.4 Å². The largest absolute Gasteiger partial charge is 0.497 e. The van der Waals surface area contributed by atoms with Crippen LogP contribution in [0.2, 0.25) is 0 Å². The molecule has 35 heavy (non-hydrogen) atoms. The molecule has 0 spiro atoms. The summed E-state index contributed by atoms with van der Waals surface area (Å²) < 4.78 is 13.2. The van der Waals surface area contributed by atoms with Crippen molar-refractivity contribution in [3.05, 3.63) is 95.2 Å². The van der Waals surface area contributed by atoms with E-state index in [-0.39, 0.29) is 16.4 Å². The fourth-order valence-electron chi connectivity index (χ4n) is 4.26. The Kier molecular flexibility index (Phi) is 6.26. The summed E-state index contributed by atoms with van der Waals surface area (Å²) in [7, 11) is 1.64. The first-order valence-electron chi connectivity index (χ1n) is 11.5. The maximum Gasteiger partial charge on any atom is 0.238 e. The van der Waals surface area contributed by atoms with Gasteiger partial charge in [0.1, 0.15) is 23.1 Å². The Balaban J connectivity index is 1.52. The van der Waals surface area contributed by atoms with E-state index in [4.69, 9.17) is 14.6 Å². The summed E-state index contributed by atoms with van der Waals surface area (Å²) in [5, 5.41) is 7.72. The number of carbonyl (C=O) groups excluding carboxylic acids is 1. The summed E-state index contributed by atoms with van der Waals surface area (Å²) in [6.45, 7) is 6.00. The third-order valence-electron chi connectivity index (χ3n) is 6.12. The normalized spacial score (nSPS) is 17.3. The van der Waals surface area contributed by atoms with E-state index < -0.39 is 0 Å². The molecule has 2 heterocycles. The number of aromatic nitrogens is 2. The van der Waals surface area contributed by atoms with Crippen molar-refractivity contribution in [2.75, 3.05) is 12.4 Å². The lowest BCUT2D eigenvalue weighted by atomic mass is 10.0. The lowest BCUT2D eigenvalue weighted by molar-refractivity contribution is -0.115. The molecule has 1 aliphatic heterocycles. The molecule has 3 aromatic carbocycles. The van der Waals surface area contributed by atoms with Gasteiger partial charge in [-0.25, -0.2) is 4.68 Å². The van der Waals surface area contributed by atoms with Gasteiger partial charge in [0.15, 0.2) is 0 Å². The minimum atomic E-state index is -0.218. The number of nitrogens with one attached hydrogen (secondary N) is 1. The first-order valence-corrected chi connectivity index (χ1v) is 12.4. The second-order valence-electron chi connectivity index (χ2n) is 8.54. The molecule has 0 radical (unpaired) electrons. The number of hydrogen-bond acceptors (Lipinski definition) is 5. The summed E-state index contributed by atoms with van der Waals surface area (Å²) in [5.41, 5.74) is 5.05. The molecule has 0 aliphatic carbocycles. The second kappa shape index (κ2) is 9.50. The van der Waals surface area contributed by atoms with E-state index in [1.807, 2.05) is 86.1 Å². The number of ether oxygens (including phenoxy) is 2. The van der Waals surface area contributed by atoms with Gasteiger partial charge in [-0.3, -0.25) is 4.79 Å². The highest BCUT2D eigenvalue weighted by Gasteiger charge is 2.34. The smallest absolute Gasteiger partial charge is 0.238 e. The Morgan fingerprint density at radius 2 is 1.69 bits per heavy atom. The van der Waals surface area contributed by atoms with Gasteiger partial charge in [-0.1, -0.05) is 36.4 Å². The number of fused-ring (bicyclic) bond motifs is 1. The van der Waals surface area contributed by atoms with Crippen LogP contribution in [0.5, 0.6) is 17.2 Å². The van der Waals surface area contributed by atoms with E-state index in [1.54, 1.807) is 18.9 Å². The Morgan fingerprint density at radius 1 is 0.943 bits per heavy atom. The number of aryl methyl sites for hydroxylation is 2. The molecule has 2 atom stereocenters. The van der Waals surface area contributed by atoms with E-state index in [1.165, 1.54) is 0 Å². The summed E-state index contributed by atoms with van der Waals surface area (Å²) in [6.07, 6.45) is 0. The molecule has 1 N–H and O–H groups in total. The highest BCUT2D eigenvalue weighted by Crippen LogP contribution is 2.46. The van der Waals surface area contributed by atoms with Crippen LogP contribution in [0.1, 0.15) is 34.6 Å². The average molecular weight is 486 g/mol. The minimum absolute atomic E-state index is 0.0218. The number of amides is 1. The van der Waals surface area contributed by atoms with Crippen molar-refractivity contribution in [3.63, 3.8) is 0 Å². The van der Waals surface area contributed by atoms with Crippen molar-refractivity contribution in [2.45, 2.75) is 31.3 Å². The summed E-state index contributed by atoms with van der Waals surface area (Å²) in [5.74, 6) is 2.90. The summed E-state index contributed by atoms with van der Waals surface area (Å²) in [6, 6.07) is 23.6. The highest BCUT2D eigenvalue weighted by atomic mass is 32.2. The molecule has 0 fully saturated rings. The molecule has 0 saturated heterocycles. The molecule has 6 nitrogen and oxygen atoms in total. The summed E-state index contributed by atoms with van der Waals surface area (Å²) in [4.78, 5) is 12.9. The minimum Gasteiger partial charge on any atom is -0.497 e. The number of rotatable bonds is 5. The number of nitrogens with zero attached hydrogens (tertiary/aromatic N) is 2. The topological polar surface area (TPSA) is 65.4 Å². The lowest BCUT2D eigenvalue weighted by Crippen LogP contribution is -2.22. The van der Waals surface area contributed by atoms with Gasteiger partial charge in [0.05, 0.1) is 29.0 Å². The van der Waals surface area contributed by atoms with Gasteiger partial charge in [0.25, 0.3) is 0 Å². The Bertz CT molecular complexity index is 1380. The van der Waals surface area contributed by atoms with Crippen LogP contribution in [0.4, 0.5) is 5.82 Å². The second-order valence-corrected chi connectivity index (χ2v) is 9.99. The van der Waals surface area contributed by atoms with Crippen molar-refractivity contribution in [2.24, 2.45) is 0 Å². The number of thioether (sulfide) groups is 1. The van der Waals surface area contributed by atoms with E-state index in [9.17, 15) is 4.79 Å². The third kappa shape index (κ3) is 4.51. The molecule has 1 aromatic heterocycles. The number of hydrogen-bond donors (Lipinski definition) is 1. The van der Waals surface area contributed by atoms with Gasteiger partial charge in [-0.15, -0.1) is 11.8 Å². The molecular weight excluding hydrogens is 458 g/mol. The predicted octanol–water partition coefficient (Wildman–Crippen LogP) is 6.45. The number of anilines is 1. The lowest BCUT2D eigenvalue weighted by Gasteiger charge is -2.18. The molecule has 1 aliphatic rings. The maximum atomic E-state index is 12.9. The Hall–Kier alpha value is -3.71. The van der Waals surface area contributed by atoms with E-state index in [0.29, 0.717) is 5.75 Å². The molecule has 4 aromatic rings. The van der Waals surface area contributed by atoms with Gasteiger partial charge >= 0.3 is 0 Å². The van der Waals surface area contributed by atoms with E-state index in [0.717, 1.165) is 45.4 Å². The quantitative estimate of drug-likeness (QED) is 0.352. The summed E-state index contributed by atoms with van der Waals surface area (Å²) >= 11 is 1.63. The van der Waals surface area contributed by atoms with Crippen molar-refractivity contribution in [1.29, 1.82) is 0 Å². The van der Waals surface area contributed by atoms with Crippen LogP contribution in [-0.2, 0) is 4.79 Å². The molecule has 1 amide bonds. The molecule has 0 unspecified atom stereocenters. The molecule has 178 valence electrons. The number of carbonyl (C=O) groups is 1. The zero-order valence-electron chi connectivity index (χ0n) is 20.1. The van der Waals surface area contributed by atoms with Crippen LogP contribution in [0.3, 0.4) is 0 Å². The van der Waals surface area contributed by atoms with Crippen LogP contribution in [0.15, 0.2) is 72.8 Å². The van der Waals surface area contributed by atoms with Crippen LogP contribution in [0, 0.1) is 13.8 Å². The zero-order chi connectivity index (χ0) is 24.5. The molecular formula is C28H27N3O3S. The van der Waals surface area contributed by atoms with Gasteiger partial charge < -0.3 is 14.8 Å². The van der Waals surface area contributed by atoms with Gasteiger partial charge in [-0.05, 0) is 62.2 Å². The van der Waals surface area contributed by atoms with Crippen molar-refractivity contribution in [1.82, 2.24) is 9.78 Å². The average Bonchev–Trinajstić information content (AvgIpc) is 3.11. The van der Waals surface area contributed by atoms with Gasteiger partial charge in [0, 0.05) is 11.6 Å². The predicted molar refractivity (Wildman–Crippen MR) is 140 cm³/mol. The highest BCUT2D eigenvalue weighted by molar-refractivity contribution is 8.01. The van der Waals surface area contributed by atoms with Crippen molar-refractivity contribution >= 4 is 23.5 Å². The SMILES string of the molecule is COc1cccc(Oc2ccc([C@H]3S[C@@H](C)C(=O)Nc4c3c(C)nn4-c3ccccc3C)cc2)c1. The van der Waals surface area contributed by atoms with Crippen LogP contribution < -0.4 is 14.8 Å². The van der Waals surface area contributed by atoms with Gasteiger partial charge in [0.2, 0.25) is 5.91 Å². The fourth-order valence-corrected chi connectivity index (χ4v) is 5.58. The first kappa shape index (κ1) is 23.1. The van der Waals surface area contributed by atoms with Crippen LogP contribution in [0.25, 0.3) is 5.69 Å². The van der Waals surface area contributed by atoms with Gasteiger partial charge in [-0.2, -0.15) is 5.10 Å². The number of benzene rings is 3. The van der Waals surface area contributed by atoms with Crippen LogP contribution in [-0.4, -0.2) is 28.0 Å². The third-order valence-corrected chi connectivity index (χ3v) is 7.53. The molecule has 0 saturated carbocycles. The maximum absolute atomic E-state index is 12.9. The fraction of sp³-hybridized carbons (Fsp3) is 0.214. The van der Waals surface area contributed by atoms with Crippen molar-refractivity contribution in [3.8, 4) is 22.9 Å². The monoisotopic (exact) mass is 485 g/mol. The van der Waals surface area contributed by atoms with Crippen molar-refractivity contribution < 1.29 is 14.3 Å². The standard InChI is InChI=1S/C28H27N3O3S/c1-17-8-5-6-11-24(17)31-27-25(18(2)30-31)26(35-19(3)28(32)29-27)20-12-14-21(15-13-20)34-23-10-7-9-22(16-23)33-4/h5-16,19,26H,1-4H3,(H,29,32)/t19-,26+/m0/s1.